The maximum atomic E-state index is 12.8. The van der Waals surface area contributed by atoms with Gasteiger partial charge in [-0.1, -0.05) is 12.1 Å². The number of aromatic nitrogens is 3. The highest BCUT2D eigenvalue weighted by Crippen LogP contribution is 2.17. The molecule has 10 heteroatoms. The third-order valence-electron chi connectivity index (χ3n) is 5.08. The smallest absolute Gasteiger partial charge is 0.409 e. The van der Waals surface area contributed by atoms with Gasteiger partial charge in [-0.25, -0.2) is 4.79 Å². The zero-order chi connectivity index (χ0) is 21.4. The molecule has 10 nitrogen and oxygen atoms in total. The number of aliphatic hydroxyl groups excluding tert-OH is 1. The fourth-order valence-electron chi connectivity index (χ4n) is 3.27. The summed E-state index contributed by atoms with van der Waals surface area (Å²) in [6.45, 7) is 7.32. The number of hydrogen-bond donors (Lipinski definition) is 1. The van der Waals surface area contributed by atoms with Crippen LogP contribution in [-0.4, -0.2) is 87.4 Å². The minimum absolute atomic E-state index is 0.0181. The van der Waals surface area contributed by atoms with Crippen molar-refractivity contribution in [2.75, 3.05) is 33.4 Å². The predicted molar refractivity (Wildman–Crippen MR) is 105 cm³/mol. The normalized spacial score (nSPS) is 22.2. The number of rotatable bonds is 5. The van der Waals surface area contributed by atoms with E-state index in [4.69, 9.17) is 9.47 Å². The van der Waals surface area contributed by atoms with E-state index in [1.807, 2.05) is 20.0 Å². The molecule has 0 aliphatic carbocycles. The van der Waals surface area contributed by atoms with E-state index in [9.17, 15) is 14.7 Å². The van der Waals surface area contributed by atoms with Crippen molar-refractivity contribution < 1.29 is 24.2 Å². The number of carbonyl (C=O) groups excluding carboxylic acids is 2. The third-order valence-corrected chi connectivity index (χ3v) is 5.08. The second-order valence-electron chi connectivity index (χ2n) is 7.56. The lowest BCUT2D eigenvalue weighted by molar-refractivity contribution is -0.136. The Morgan fingerprint density at radius 2 is 2.28 bits per heavy atom. The SMILES string of the molecule is CCOC(=O)N(C)C[C@H]1OCc2cn(nn2)CCCC(=O)N([C@@H](C)CO)C[C@@H]1C. The highest BCUT2D eigenvalue weighted by atomic mass is 16.6. The van der Waals surface area contributed by atoms with Crippen molar-refractivity contribution in [1.29, 1.82) is 0 Å². The van der Waals surface area contributed by atoms with Gasteiger partial charge in [0.05, 0.1) is 44.7 Å². The van der Waals surface area contributed by atoms with Crippen LogP contribution in [0.1, 0.15) is 39.3 Å². The summed E-state index contributed by atoms with van der Waals surface area (Å²) in [5.74, 6) is -0.101. The molecule has 2 heterocycles. The minimum Gasteiger partial charge on any atom is -0.450 e. The van der Waals surface area contributed by atoms with Gasteiger partial charge in [0, 0.05) is 32.5 Å². The van der Waals surface area contributed by atoms with Crippen LogP contribution in [0.2, 0.25) is 0 Å². The van der Waals surface area contributed by atoms with Gasteiger partial charge in [0.1, 0.15) is 5.69 Å². The van der Waals surface area contributed by atoms with Crippen molar-refractivity contribution in [2.24, 2.45) is 5.92 Å². The number of fused-ring (bicyclic) bond motifs is 2. The molecule has 2 rings (SSSR count). The zero-order valence-electron chi connectivity index (χ0n) is 17.8. The summed E-state index contributed by atoms with van der Waals surface area (Å²) in [5, 5.41) is 17.8. The highest BCUT2D eigenvalue weighted by molar-refractivity contribution is 5.76. The number of likely N-dealkylation sites (N-methyl/N-ethyl adjacent to an activating group) is 1. The standard InChI is InChI=1S/C19H33N5O5/c1-5-28-19(27)22(4)11-17-14(2)9-24(15(3)12-25)18(26)7-6-8-23-10-16(13-29-17)20-21-23/h10,14-15,17,25H,5-9,11-13H2,1-4H3/t14-,15-,17+/m0/s1. The molecule has 1 aliphatic heterocycles. The molecular formula is C19H33N5O5. The van der Waals surface area contributed by atoms with Crippen LogP contribution in [0, 0.1) is 5.92 Å². The van der Waals surface area contributed by atoms with Crippen molar-refractivity contribution in [1.82, 2.24) is 24.8 Å². The first-order valence-corrected chi connectivity index (χ1v) is 10.1. The largest absolute Gasteiger partial charge is 0.450 e. The number of nitrogens with zero attached hydrogens (tertiary/aromatic N) is 5. The van der Waals surface area contributed by atoms with Crippen molar-refractivity contribution in [3.63, 3.8) is 0 Å². The van der Waals surface area contributed by atoms with Crippen LogP contribution in [0.15, 0.2) is 6.20 Å². The average molecular weight is 412 g/mol. The Labute approximate surface area is 171 Å². The summed E-state index contributed by atoms with van der Waals surface area (Å²) < 4.78 is 12.9. The van der Waals surface area contributed by atoms with Crippen LogP contribution in [-0.2, 0) is 27.4 Å². The molecule has 29 heavy (non-hydrogen) atoms. The van der Waals surface area contributed by atoms with Crippen molar-refractivity contribution in [2.45, 2.75) is 58.9 Å². The van der Waals surface area contributed by atoms with Gasteiger partial charge in [-0.3, -0.25) is 9.48 Å². The first-order chi connectivity index (χ1) is 13.8. The highest BCUT2D eigenvalue weighted by Gasteiger charge is 2.29. The van der Waals surface area contributed by atoms with E-state index in [1.165, 1.54) is 4.90 Å². The van der Waals surface area contributed by atoms with Gasteiger partial charge in [-0.05, 0) is 20.3 Å². The molecule has 0 saturated heterocycles. The molecule has 0 spiro atoms. The van der Waals surface area contributed by atoms with E-state index in [1.54, 1.807) is 23.6 Å². The molecule has 1 aromatic heterocycles. The second-order valence-corrected chi connectivity index (χ2v) is 7.56. The molecule has 0 saturated carbocycles. The summed E-state index contributed by atoms with van der Waals surface area (Å²) in [7, 11) is 1.66. The molecule has 3 atom stereocenters. The molecule has 164 valence electrons. The van der Waals surface area contributed by atoms with Crippen LogP contribution in [0.5, 0.6) is 0 Å². The van der Waals surface area contributed by atoms with Crippen molar-refractivity contribution in [3.8, 4) is 0 Å². The van der Waals surface area contributed by atoms with Crippen LogP contribution in [0.25, 0.3) is 0 Å². The van der Waals surface area contributed by atoms with Gasteiger partial charge < -0.3 is 24.4 Å². The monoisotopic (exact) mass is 411 g/mol. The molecule has 0 fully saturated rings. The van der Waals surface area contributed by atoms with Gasteiger partial charge in [0.15, 0.2) is 0 Å². The third kappa shape index (κ3) is 6.67. The molecule has 0 unspecified atom stereocenters. The summed E-state index contributed by atoms with van der Waals surface area (Å²) in [6, 6.07) is -0.295. The Hall–Kier alpha value is -2.20. The van der Waals surface area contributed by atoms with Gasteiger partial charge >= 0.3 is 6.09 Å². The number of carbonyl (C=O) groups is 2. The maximum Gasteiger partial charge on any atom is 0.409 e. The van der Waals surface area contributed by atoms with Gasteiger partial charge in [-0.2, -0.15) is 0 Å². The molecule has 0 aromatic carbocycles. The van der Waals surface area contributed by atoms with E-state index in [0.29, 0.717) is 44.8 Å². The number of ether oxygens (including phenoxy) is 2. The lowest BCUT2D eigenvalue weighted by Gasteiger charge is -2.35. The van der Waals surface area contributed by atoms with Crippen LogP contribution >= 0.6 is 0 Å². The lowest BCUT2D eigenvalue weighted by atomic mass is 10.0. The van der Waals surface area contributed by atoms with Crippen molar-refractivity contribution in [3.05, 3.63) is 11.9 Å². The molecule has 1 aromatic rings. The first kappa shape index (κ1) is 23.1. The van der Waals surface area contributed by atoms with E-state index in [-0.39, 0.29) is 37.2 Å². The molecular weight excluding hydrogens is 378 g/mol. The number of aryl methyl sites for hydroxylation is 1. The number of aliphatic hydroxyl groups is 1. The Morgan fingerprint density at radius 3 is 2.97 bits per heavy atom. The molecule has 1 aliphatic rings. The van der Waals surface area contributed by atoms with E-state index >= 15 is 0 Å². The van der Waals surface area contributed by atoms with Crippen LogP contribution in [0.4, 0.5) is 4.79 Å². The lowest BCUT2D eigenvalue weighted by Crippen LogP contribution is -2.47. The van der Waals surface area contributed by atoms with Crippen LogP contribution < -0.4 is 0 Å². The zero-order valence-corrected chi connectivity index (χ0v) is 17.8. The second kappa shape index (κ2) is 11.1. The Balaban J connectivity index is 2.21. The predicted octanol–water partition coefficient (Wildman–Crippen LogP) is 0.891. The Morgan fingerprint density at radius 1 is 1.52 bits per heavy atom. The van der Waals surface area contributed by atoms with Gasteiger partial charge in [0.2, 0.25) is 5.91 Å². The molecule has 1 N–H and O–H groups in total. The summed E-state index contributed by atoms with van der Waals surface area (Å²) in [6.07, 6.45) is 2.04. The quantitative estimate of drug-likeness (QED) is 0.766. The Bertz CT molecular complexity index is 667. The average Bonchev–Trinajstić information content (AvgIpc) is 3.15. The van der Waals surface area contributed by atoms with Gasteiger partial charge in [-0.15, -0.1) is 5.10 Å². The topological polar surface area (TPSA) is 110 Å². The molecule has 0 radical (unpaired) electrons. The summed E-state index contributed by atoms with van der Waals surface area (Å²) >= 11 is 0. The van der Waals surface area contributed by atoms with Crippen LogP contribution in [0.3, 0.4) is 0 Å². The van der Waals surface area contributed by atoms with E-state index < -0.39 is 6.09 Å². The number of hydrogen-bond acceptors (Lipinski definition) is 7. The van der Waals surface area contributed by atoms with E-state index in [0.717, 1.165) is 0 Å². The molecule has 2 amide bonds. The summed E-state index contributed by atoms with van der Waals surface area (Å²) in [4.78, 5) is 28.0. The van der Waals surface area contributed by atoms with Crippen molar-refractivity contribution >= 4 is 12.0 Å². The first-order valence-electron chi connectivity index (χ1n) is 10.1. The fraction of sp³-hybridized carbons (Fsp3) is 0.789. The fourth-order valence-corrected chi connectivity index (χ4v) is 3.27. The van der Waals surface area contributed by atoms with E-state index in [2.05, 4.69) is 10.3 Å². The number of amides is 2. The maximum absolute atomic E-state index is 12.8. The minimum atomic E-state index is -0.422. The summed E-state index contributed by atoms with van der Waals surface area (Å²) in [5.41, 5.74) is 0.701. The molecule has 2 bridgehead atoms. The van der Waals surface area contributed by atoms with Gasteiger partial charge in [0.25, 0.3) is 0 Å². The Kier molecular flexibility index (Phi) is 8.84.